The monoisotopic (exact) mass is 220 g/mol. The molecule has 1 aliphatic heterocycles. The number of anilines is 1. The summed E-state index contributed by atoms with van der Waals surface area (Å²) in [5.74, 6) is 1.29. The summed E-state index contributed by atoms with van der Waals surface area (Å²) in [7, 11) is 0. The van der Waals surface area contributed by atoms with Gasteiger partial charge in [-0.05, 0) is 6.42 Å². The van der Waals surface area contributed by atoms with Crippen molar-refractivity contribution in [3.8, 4) is 11.5 Å². The Bertz CT molecular complexity index is 464. The Morgan fingerprint density at radius 1 is 1.56 bits per heavy atom. The second kappa shape index (κ2) is 3.60. The van der Waals surface area contributed by atoms with Crippen molar-refractivity contribution < 1.29 is 4.52 Å². The lowest BCUT2D eigenvalue weighted by Crippen LogP contribution is -2.26. The number of aromatic nitrogens is 4. The highest BCUT2D eigenvalue weighted by Crippen LogP contribution is 2.18. The van der Waals surface area contributed by atoms with E-state index in [-0.39, 0.29) is 6.04 Å². The zero-order valence-electron chi connectivity index (χ0n) is 8.63. The summed E-state index contributed by atoms with van der Waals surface area (Å²) in [4.78, 5) is 6.41. The third-order valence-corrected chi connectivity index (χ3v) is 2.66. The summed E-state index contributed by atoms with van der Waals surface area (Å²) >= 11 is 0. The average Bonchev–Trinajstić information content (AvgIpc) is 2.97. The molecule has 0 aliphatic carbocycles. The first-order valence-electron chi connectivity index (χ1n) is 5.16. The van der Waals surface area contributed by atoms with Gasteiger partial charge in [0.1, 0.15) is 6.26 Å². The predicted octanol–water partition coefficient (Wildman–Crippen LogP) is -0.00290. The standard InChI is InChI=1S/C9H12N6O/c10-6-1-3-15(5-6)9-11-8(12-13-9)7-2-4-16-14-7/h2,4,6H,1,3,5,10H2,(H,11,12,13). The van der Waals surface area contributed by atoms with Crippen molar-refractivity contribution in [2.24, 2.45) is 5.73 Å². The van der Waals surface area contributed by atoms with Crippen LogP contribution in [-0.2, 0) is 0 Å². The quantitative estimate of drug-likeness (QED) is 0.739. The molecule has 1 atom stereocenters. The number of nitrogens with two attached hydrogens (primary N) is 1. The van der Waals surface area contributed by atoms with Crippen LogP contribution in [0.2, 0.25) is 0 Å². The minimum atomic E-state index is 0.217. The molecule has 7 heteroatoms. The van der Waals surface area contributed by atoms with Crippen molar-refractivity contribution in [2.45, 2.75) is 12.5 Å². The van der Waals surface area contributed by atoms with E-state index in [1.807, 2.05) is 0 Å². The zero-order valence-corrected chi connectivity index (χ0v) is 8.63. The van der Waals surface area contributed by atoms with Gasteiger partial charge in [-0.3, -0.25) is 5.10 Å². The lowest BCUT2D eigenvalue weighted by atomic mass is 10.3. The molecule has 1 fully saturated rings. The molecule has 0 aromatic carbocycles. The maximum atomic E-state index is 5.83. The summed E-state index contributed by atoms with van der Waals surface area (Å²) < 4.78 is 4.75. The molecule has 3 heterocycles. The molecular weight excluding hydrogens is 208 g/mol. The van der Waals surface area contributed by atoms with Crippen molar-refractivity contribution in [3.63, 3.8) is 0 Å². The number of hydrogen-bond acceptors (Lipinski definition) is 6. The Morgan fingerprint density at radius 3 is 3.19 bits per heavy atom. The first-order valence-corrected chi connectivity index (χ1v) is 5.16. The van der Waals surface area contributed by atoms with Crippen molar-refractivity contribution in [3.05, 3.63) is 12.3 Å². The van der Waals surface area contributed by atoms with Crippen molar-refractivity contribution in [1.82, 2.24) is 20.3 Å². The fourth-order valence-corrected chi connectivity index (χ4v) is 1.81. The normalized spacial score (nSPS) is 20.6. The highest BCUT2D eigenvalue weighted by molar-refractivity contribution is 5.50. The maximum Gasteiger partial charge on any atom is 0.245 e. The van der Waals surface area contributed by atoms with Gasteiger partial charge in [0.2, 0.25) is 5.95 Å². The van der Waals surface area contributed by atoms with Crippen LogP contribution in [0.5, 0.6) is 0 Å². The summed E-state index contributed by atoms with van der Waals surface area (Å²) in [5.41, 5.74) is 6.48. The van der Waals surface area contributed by atoms with Crippen LogP contribution in [0.15, 0.2) is 16.9 Å². The molecule has 1 saturated heterocycles. The number of aromatic amines is 1. The summed E-state index contributed by atoms with van der Waals surface area (Å²) in [5, 5.41) is 10.8. The third-order valence-electron chi connectivity index (χ3n) is 2.66. The first-order chi connectivity index (χ1) is 7.83. The Morgan fingerprint density at radius 2 is 2.50 bits per heavy atom. The van der Waals surface area contributed by atoms with Gasteiger partial charge in [0.25, 0.3) is 0 Å². The fourth-order valence-electron chi connectivity index (χ4n) is 1.81. The molecule has 3 rings (SSSR count). The minimum Gasteiger partial charge on any atom is -0.364 e. The molecular formula is C9H12N6O. The molecule has 0 spiro atoms. The first kappa shape index (κ1) is 9.34. The molecule has 0 bridgehead atoms. The minimum absolute atomic E-state index is 0.217. The largest absolute Gasteiger partial charge is 0.364 e. The molecule has 2 aromatic heterocycles. The molecule has 7 nitrogen and oxygen atoms in total. The van der Waals surface area contributed by atoms with Gasteiger partial charge in [-0.1, -0.05) is 5.16 Å². The Hall–Kier alpha value is -1.89. The number of rotatable bonds is 2. The van der Waals surface area contributed by atoms with Crippen LogP contribution in [-0.4, -0.2) is 39.5 Å². The van der Waals surface area contributed by atoms with E-state index in [4.69, 9.17) is 10.3 Å². The van der Waals surface area contributed by atoms with E-state index in [0.29, 0.717) is 17.5 Å². The zero-order chi connectivity index (χ0) is 11.0. The van der Waals surface area contributed by atoms with Crippen molar-refractivity contribution in [2.75, 3.05) is 18.0 Å². The highest BCUT2D eigenvalue weighted by Gasteiger charge is 2.22. The van der Waals surface area contributed by atoms with Crippen LogP contribution in [0.4, 0.5) is 5.95 Å². The van der Waals surface area contributed by atoms with Gasteiger partial charge < -0.3 is 15.2 Å². The molecule has 84 valence electrons. The number of H-pyrrole nitrogens is 1. The van der Waals surface area contributed by atoms with Gasteiger partial charge in [-0.15, -0.1) is 5.10 Å². The van der Waals surface area contributed by atoms with Gasteiger partial charge in [-0.25, -0.2) is 0 Å². The van der Waals surface area contributed by atoms with E-state index in [1.54, 1.807) is 6.07 Å². The maximum absolute atomic E-state index is 5.83. The Kier molecular flexibility index (Phi) is 2.10. The van der Waals surface area contributed by atoms with E-state index in [2.05, 4.69) is 25.2 Å². The van der Waals surface area contributed by atoms with Crippen LogP contribution < -0.4 is 10.6 Å². The van der Waals surface area contributed by atoms with Gasteiger partial charge in [0.05, 0.1) is 0 Å². The topological polar surface area (TPSA) is 96.9 Å². The molecule has 16 heavy (non-hydrogen) atoms. The van der Waals surface area contributed by atoms with Gasteiger partial charge in [0.15, 0.2) is 11.5 Å². The van der Waals surface area contributed by atoms with E-state index < -0.39 is 0 Å². The van der Waals surface area contributed by atoms with Gasteiger partial charge in [-0.2, -0.15) is 4.98 Å². The number of nitrogens with zero attached hydrogens (tertiary/aromatic N) is 4. The van der Waals surface area contributed by atoms with Gasteiger partial charge in [0, 0.05) is 25.2 Å². The fraction of sp³-hybridized carbons (Fsp3) is 0.444. The Balaban J connectivity index is 1.83. The third kappa shape index (κ3) is 1.54. The lowest BCUT2D eigenvalue weighted by molar-refractivity contribution is 0.422. The smallest absolute Gasteiger partial charge is 0.245 e. The van der Waals surface area contributed by atoms with E-state index in [0.717, 1.165) is 19.5 Å². The van der Waals surface area contributed by atoms with Crippen LogP contribution >= 0.6 is 0 Å². The number of nitrogens with one attached hydrogen (secondary N) is 1. The molecule has 1 unspecified atom stereocenters. The summed E-state index contributed by atoms with van der Waals surface area (Å²) in [6, 6.07) is 1.95. The molecule has 0 amide bonds. The predicted molar refractivity (Wildman–Crippen MR) is 56.7 cm³/mol. The second-order valence-electron chi connectivity index (χ2n) is 3.86. The second-order valence-corrected chi connectivity index (χ2v) is 3.86. The highest BCUT2D eigenvalue weighted by atomic mass is 16.5. The van der Waals surface area contributed by atoms with Crippen molar-refractivity contribution in [1.29, 1.82) is 0 Å². The summed E-state index contributed by atoms with van der Waals surface area (Å²) in [6.07, 6.45) is 2.48. The lowest BCUT2D eigenvalue weighted by Gasteiger charge is -2.11. The molecule has 1 aliphatic rings. The van der Waals surface area contributed by atoms with Crippen LogP contribution in [0.3, 0.4) is 0 Å². The SMILES string of the molecule is NC1CCN(c2n[nH]c(-c3ccon3)n2)C1. The van der Waals surface area contributed by atoms with Crippen LogP contribution in [0.1, 0.15) is 6.42 Å². The van der Waals surface area contributed by atoms with E-state index in [9.17, 15) is 0 Å². The van der Waals surface area contributed by atoms with E-state index in [1.165, 1.54) is 6.26 Å². The van der Waals surface area contributed by atoms with E-state index >= 15 is 0 Å². The molecule has 3 N–H and O–H groups in total. The summed E-state index contributed by atoms with van der Waals surface area (Å²) in [6.45, 7) is 1.70. The van der Waals surface area contributed by atoms with Crippen LogP contribution in [0.25, 0.3) is 11.5 Å². The molecule has 0 radical (unpaired) electrons. The molecule has 0 saturated carbocycles. The Labute approximate surface area is 91.6 Å². The van der Waals surface area contributed by atoms with Crippen molar-refractivity contribution >= 4 is 5.95 Å². The van der Waals surface area contributed by atoms with Gasteiger partial charge >= 0.3 is 0 Å². The number of hydrogen-bond donors (Lipinski definition) is 2. The molecule has 2 aromatic rings. The van der Waals surface area contributed by atoms with Crippen LogP contribution in [0, 0.1) is 0 Å². The average molecular weight is 220 g/mol.